The molecule has 0 atom stereocenters. The highest BCUT2D eigenvalue weighted by atomic mass is 16.5. The standard InChI is InChI=1S/C21H21NO4/c1-14-6-5-7-16(12-14)25-11-10-20(24)26-13-19(23)21-15(2)22-18-9-4-3-8-17(18)21/h3-9,12,22H,10-11,13H2,1-2H3. The van der Waals surface area contributed by atoms with Crippen LogP contribution in [0.25, 0.3) is 10.9 Å². The molecule has 5 heteroatoms. The van der Waals surface area contributed by atoms with Crippen LogP contribution >= 0.6 is 0 Å². The molecule has 0 saturated heterocycles. The first-order chi connectivity index (χ1) is 12.5. The van der Waals surface area contributed by atoms with E-state index < -0.39 is 5.97 Å². The topological polar surface area (TPSA) is 68.4 Å². The molecule has 0 amide bonds. The molecule has 0 spiro atoms. The second-order valence-electron chi connectivity index (χ2n) is 6.17. The third kappa shape index (κ3) is 4.11. The minimum absolute atomic E-state index is 0.0914. The summed E-state index contributed by atoms with van der Waals surface area (Å²) < 4.78 is 10.6. The SMILES string of the molecule is Cc1cccc(OCCC(=O)OCC(=O)c2c(C)[nH]c3ccccc23)c1. The van der Waals surface area contributed by atoms with E-state index in [1.165, 1.54) is 0 Å². The zero-order chi connectivity index (χ0) is 18.5. The van der Waals surface area contributed by atoms with Gasteiger partial charge < -0.3 is 14.5 Å². The number of esters is 1. The summed E-state index contributed by atoms with van der Waals surface area (Å²) in [6, 6.07) is 15.2. The molecule has 26 heavy (non-hydrogen) atoms. The third-order valence-electron chi connectivity index (χ3n) is 4.10. The van der Waals surface area contributed by atoms with Crippen LogP contribution in [0.1, 0.15) is 28.0 Å². The molecule has 0 aliphatic heterocycles. The van der Waals surface area contributed by atoms with Crippen LogP contribution in [0.15, 0.2) is 48.5 Å². The summed E-state index contributed by atoms with van der Waals surface area (Å²) in [6.07, 6.45) is 0.0914. The van der Waals surface area contributed by atoms with E-state index in [0.29, 0.717) is 11.3 Å². The van der Waals surface area contributed by atoms with E-state index >= 15 is 0 Å². The van der Waals surface area contributed by atoms with Crippen molar-refractivity contribution < 1.29 is 19.1 Å². The van der Waals surface area contributed by atoms with E-state index in [-0.39, 0.29) is 25.4 Å². The van der Waals surface area contributed by atoms with Crippen LogP contribution in [-0.2, 0) is 9.53 Å². The van der Waals surface area contributed by atoms with Gasteiger partial charge >= 0.3 is 5.97 Å². The van der Waals surface area contributed by atoms with E-state index in [1.54, 1.807) is 0 Å². The molecule has 0 unspecified atom stereocenters. The fraction of sp³-hybridized carbons (Fsp3) is 0.238. The fourth-order valence-electron chi connectivity index (χ4n) is 2.88. The van der Waals surface area contributed by atoms with Crippen LogP contribution < -0.4 is 4.74 Å². The van der Waals surface area contributed by atoms with Gasteiger partial charge in [0.05, 0.1) is 13.0 Å². The van der Waals surface area contributed by atoms with Gasteiger partial charge in [-0.3, -0.25) is 9.59 Å². The summed E-state index contributed by atoms with van der Waals surface area (Å²) in [5, 5.41) is 0.842. The quantitative estimate of drug-likeness (QED) is 0.516. The molecule has 5 nitrogen and oxygen atoms in total. The molecule has 0 bridgehead atoms. The molecule has 3 rings (SSSR count). The van der Waals surface area contributed by atoms with Crippen LogP contribution in [0.5, 0.6) is 5.75 Å². The van der Waals surface area contributed by atoms with Gasteiger partial charge in [-0.25, -0.2) is 0 Å². The van der Waals surface area contributed by atoms with E-state index in [1.807, 2.05) is 62.4 Å². The molecule has 0 radical (unpaired) electrons. The number of Topliss-reactive ketones (excluding diaryl/α,β-unsaturated/α-hetero) is 1. The number of ketones is 1. The van der Waals surface area contributed by atoms with Crippen LogP contribution in [0.3, 0.4) is 0 Å². The van der Waals surface area contributed by atoms with Crippen molar-refractivity contribution in [2.24, 2.45) is 0 Å². The number of fused-ring (bicyclic) bond motifs is 1. The highest BCUT2D eigenvalue weighted by Gasteiger charge is 2.17. The van der Waals surface area contributed by atoms with Crippen molar-refractivity contribution in [2.75, 3.05) is 13.2 Å². The maximum absolute atomic E-state index is 12.4. The van der Waals surface area contributed by atoms with Gasteiger partial charge in [0.25, 0.3) is 0 Å². The number of hydrogen-bond donors (Lipinski definition) is 1. The number of hydrogen-bond acceptors (Lipinski definition) is 4. The second kappa shape index (κ2) is 7.87. The van der Waals surface area contributed by atoms with Crippen molar-refractivity contribution in [1.82, 2.24) is 4.98 Å². The molecule has 1 heterocycles. The molecule has 1 N–H and O–H groups in total. The summed E-state index contributed by atoms with van der Waals surface area (Å²) in [5.41, 5.74) is 3.33. The highest BCUT2D eigenvalue weighted by molar-refractivity contribution is 6.10. The van der Waals surface area contributed by atoms with Gasteiger partial charge in [0.15, 0.2) is 6.61 Å². The molecule has 134 valence electrons. The van der Waals surface area contributed by atoms with Crippen molar-refractivity contribution in [3.8, 4) is 5.75 Å². The Balaban J connectivity index is 1.51. The van der Waals surface area contributed by atoms with Crippen molar-refractivity contribution >= 4 is 22.7 Å². The van der Waals surface area contributed by atoms with E-state index in [0.717, 1.165) is 22.2 Å². The number of carbonyl (C=O) groups is 2. The lowest BCUT2D eigenvalue weighted by Gasteiger charge is -2.07. The lowest BCUT2D eigenvalue weighted by Crippen LogP contribution is -2.16. The van der Waals surface area contributed by atoms with Gasteiger partial charge in [-0.1, -0.05) is 30.3 Å². The largest absolute Gasteiger partial charge is 0.493 e. The van der Waals surface area contributed by atoms with Crippen molar-refractivity contribution in [3.63, 3.8) is 0 Å². The fourth-order valence-corrected chi connectivity index (χ4v) is 2.88. The average molecular weight is 351 g/mol. The Morgan fingerprint density at radius 2 is 1.85 bits per heavy atom. The molecule has 0 aliphatic carbocycles. The predicted octanol–water partition coefficient (Wildman–Crippen LogP) is 3.98. The summed E-state index contributed by atoms with van der Waals surface area (Å²) in [5.74, 6) is 0.0414. The number of para-hydroxylation sites is 1. The highest BCUT2D eigenvalue weighted by Crippen LogP contribution is 2.22. The summed E-state index contributed by atoms with van der Waals surface area (Å²) in [4.78, 5) is 27.5. The van der Waals surface area contributed by atoms with Gasteiger partial charge in [0, 0.05) is 22.2 Å². The number of benzene rings is 2. The Bertz CT molecular complexity index is 942. The van der Waals surface area contributed by atoms with Gasteiger partial charge in [-0.05, 0) is 37.6 Å². The Labute approximate surface area is 151 Å². The lowest BCUT2D eigenvalue weighted by atomic mass is 10.1. The molecule has 0 aliphatic rings. The molecule has 3 aromatic rings. The maximum Gasteiger partial charge on any atom is 0.309 e. The molecule has 2 aromatic carbocycles. The number of ether oxygens (including phenoxy) is 2. The minimum Gasteiger partial charge on any atom is -0.493 e. The maximum atomic E-state index is 12.4. The Kier molecular flexibility index (Phi) is 5.37. The van der Waals surface area contributed by atoms with Gasteiger partial charge in [0.2, 0.25) is 5.78 Å². The van der Waals surface area contributed by atoms with Crippen LogP contribution in [0, 0.1) is 13.8 Å². The first kappa shape index (κ1) is 17.7. The number of nitrogens with one attached hydrogen (secondary N) is 1. The number of rotatable bonds is 7. The predicted molar refractivity (Wildman–Crippen MR) is 99.6 cm³/mol. The van der Waals surface area contributed by atoms with Gasteiger partial charge in [-0.15, -0.1) is 0 Å². The van der Waals surface area contributed by atoms with Crippen molar-refractivity contribution in [1.29, 1.82) is 0 Å². The number of aromatic amines is 1. The first-order valence-corrected chi connectivity index (χ1v) is 8.50. The molecular formula is C21H21NO4. The van der Waals surface area contributed by atoms with Crippen LogP contribution in [0.2, 0.25) is 0 Å². The first-order valence-electron chi connectivity index (χ1n) is 8.50. The normalized spacial score (nSPS) is 10.7. The Morgan fingerprint density at radius 1 is 1.04 bits per heavy atom. The Hall–Kier alpha value is -3.08. The zero-order valence-corrected chi connectivity index (χ0v) is 14.9. The molecule has 0 fully saturated rings. The number of carbonyl (C=O) groups excluding carboxylic acids is 2. The Morgan fingerprint density at radius 3 is 2.65 bits per heavy atom. The smallest absolute Gasteiger partial charge is 0.309 e. The number of aryl methyl sites for hydroxylation is 2. The van der Waals surface area contributed by atoms with Crippen LogP contribution in [-0.4, -0.2) is 30.0 Å². The van der Waals surface area contributed by atoms with Crippen LogP contribution in [0.4, 0.5) is 0 Å². The molecular weight excluding hydrogens is 330 g/mol. The van der Waals surface area contributed by atoms with E-state index in [2.05, 4.69) is 4.98 Å². The minimum atomic E-state index is -0.455. The zero-order valence-electron chi connectivity index (χ0n) is 14.9. The van der Waals surface area contributed by atoms with Gasteiger partial charge in [-0.2, -0.15) is 0 Å². The van der Waals surface area contributed by atoms with Crippen molar-refractivity contribution in [3.05, 3.63) is 65.4 Å². The summed E-state index contributed by atoms with van der Waals surface area (Å²) in [7, 11) is 0. The monoisotopic (exact) mass is 351 g/mol. The molecule has 0 saturated carbocycles. The number of H-pyrrole nitrogens is 1. The summed E-state index contributed by atoms with van der Waals surface area (Å²) in [6.45, 7) is 3.75. The lowest BCUT2D eigenvalue weighted by molar-refractivity contribution is -0.143. The number of aromatic nitrogens is 1. The second-order valence-corrected chi connectivity index (χ2v) is 6.17. The average Bonchev–Trinajstić information content (AvgIpc) is 2.95. The molecule has 1 aromatic heterocycles. The van der Waals surface area contributed by atoms with E-state index in [9.17, 15) is 9.59 Å². The van der Waals surface area contributed by atoms with E-state index in [4.69, 9.17) is 9.47 Å². The van der Waals surface area contributed by atoms with Gasteiger partial charge in [0.1, 0.15) is 5.75 Å². The summed E-state index contributed by atoms with van der Waals surface area (Å²) >= 11 is 0. The third-order valence-corrected chi connectivity index (χ3v) is 4.10. The van der Waals surface area contributed by atoms with Crippen molar-refractivity contribution in [2.45, 2.75) is 20.3 Å².